The summed E-state index contributed by atoms with van der Waals surface area (Å²) in [6.07, 6.45) is 3.32. The van der Waals surface area contributed by atoms with Crippen LogP contribution in [0.25, 0.3) is 0 Å². The highest BCUT2D eigenvalue weighted by atomic mass is 32.2. The van der Waals surface area contributed by atoms with E-state index in [-0.39, 0.29) is 10.7 Å². The fourth-order valence-corrected chi connectivity index (χ4v) is 3.02. The van der Waals surface area contributed by atoms with Crippen LogP contribution in [0.4, 0.5) is 0 Å². The number of amides is 1. The number of benzene rings is 1. The normalized spacial score (nSPS) is 17.1. The van der Waals surface area contributed by atoms with Crippen LogP contribution in [0.1, 0.15) is 28.8 Å². The first-order valence-electron chi connectivity index (χ1n) is 6.40. The number of likely N-dealkylation sites (tertiary alicyclic amines) is 1. The molecule has 1 heterocycles. The average Bonchev–Trinajstić information content (AvgIpc) is 2.54. The van der Waals surface area contributed by atoms with E-state index in [0.29, 0.717) is 37.1 Å². The van der Waals surface area contributed by atoms with Gasteiger partial charge in [0, 0.05) is 18.7 Å². The van der Waals surface area contributed by atoms with Crippen molar-refractivity contribution in [1.29, 1.82) is 10.5 Å². The topological polar surface area (TPSA) is 67.9 Å². The van der Waals surface area contributed by atoms with Gasteiger partial charge in [-0.1, -0.05) is 6.07 Å². The molecule has 4 nitrogen and oxygen atoms in total. The van der Waals surface area contributed by atoms with Gasteiger partial charge in [0.25, 0.3) is 5.91 Å². The Morgan fingerprint density at radius 1 is 1.35 bits per heavy atom. The third kappa shape index (κ3) is 2.79. The number of carbonyl (C=O) groups is 1. The van der Waals surface area contributed by atoms with E-state index in [1.54, 1.807) is 40.9 Å². The summed E-state index contributed by atoms with van der Waals surface area (Å²) in [5, 5.41) is 18.1. The Labute approximate surface area is 123 Å². The van der Waals surface area contributed by atoms with Crippen LogP contribution in [0.3, 0.4) is 0 Å². The Morgan fingerprint density at radius 2 is 2.05 bits per heavy atom. The maximum atomic E-state index is 12.4. The number of rotatable bonds is 2. The smallest absolute Gasteiger partial charge is 0.253 e. The molecule has 1 aliphatic rings. The fraction of sp³-hybridized carbons (Fsp3) is 0.400. The molecule has 0 aromatic heterocycles. The van der Waals surface area contributed by atoms with Crippen molar-refractivity contribution in [3.63, 3.8) is 0 Å². The third-order valence-electron chi connectivity index (χ3n) is 3.69. The van der Waals surface area contributed by atoms with Gasteiger partial charge in [0.05, 0.1) is 17.7 Å². The minimum atomic E-state index is -0.356. The Kier molecular flexibility index (Phi) is 4.32. The quantitative estimate of drug-likeness (QED) is 0.837. The molecule has 0 unspecified atom stereocenters. The largest absolute Gasteiger partial charge is 0.338 e. The molecule has 5 heteroatoms. The highest BCUT2D eigenvalue weighted by Gasteiger charge is 2.35. The SMILES string of the molecule is CSC1(C#N)CCN(C(=O)c2cccc(C#N)c2)CC1. The molecule has 0 spiro atoms. The summed E-state index contributed by atoms with van der Waals surface area (Å²) >= 11 is 1.57. The van der Waals surface area contributed by atoms with Crippen molar-refractivity contribution in [2.75, 3.05) is 19.3 Å². The molecule has 1 aromatic carbocycles. The Bertz CT molecular complexity index is 592. The van der Waals surface area contributed by atoms with Gasteiger partial charge in [-0.05, 0) is 37.3 Å². The first-order valence-corrected chi connectivity index (χ1v) is 7.62. The summed E-state index contributed by atoms with van der Waals surface area (Å²) < 4.78 is -0.356. The van der Waals surface area contributed by atoms with Crippen LogP contribution >= 0.6 is 11.8 Å². The van der Waals surface area contributed by atoms with Gasteiger partial charge in [0.15, 0.2) is 0 Å². The van der Waals surface area contributed by atoms with E-state index in [0.717, 1.165) is 0 Å². The van der Waals surface area contributed by atoms with Gasteiger partial charge in [-0.15, -0.1) is 11.8 Å². The number of nitriles is 2. The number of piperidine rings is 1. The highest BCUT2D eigenvalue weighted by molar-refractivity contribution is 8.00. The van der Waals surface area contributed by atoms with Crippen molar-refractivity contribution < 1.29 is 4.79 Å². The molecule has 0 saturated carbocycles. The molecule has 1 amide bonds. The number of nitrogens with zero attached hydrogens (tertiary/aromatic N) is 3. The Morgan fingerprint density at radius 3 is 2.60 bits per heavy atom. The molecule has 102 valence electrons. The zero-order valence-corrected chi connectivity index (χ0v) is 12.1. The summed E-state index contributed by atoms with van der Waals surface area (Å²) in [6, 6.07) is 11.1. The second-order valence-electron chi connectivity index (χ2n) is 4.80. The standard InChI is InChI=1S/C15H15N3OS/c1-20-15(11-17)5-7-18(8-6-15)14(19)13-4-2-3-12(9-13)10-16/h2-4,9H,5-8H2,1H3. The van der Waals surface area contributed by atoms with Crippen LogP contribution in [0.5, 0.6) is 0 Å². The Hall–Kier alpha value is -1.98. The summed E-state index contributed by atoms with van der Waals surface area (Å²) in [5.74, 6) is -0.0604. The van der Waals surface area contributed by atoms with Crippen LogP contribution in [0.15, 0.2) is 24.3 Å². The molecule has 1 aliphatic heterocycles. The Balaban J connectivity index is 2.09. The van der Waals surface area contributed by atoms with E-state index in [1.807, 2.05) is 12.3 Å². The predicted octanol–water partition coefficient (Wildman–Crippen LogP) is 2.42. The molecule has 20 heavy (non-hydrogen) atoms. The number of hydrogen-bond donors (Lipinski definition) is 0. The highest BCUT2D eigenvalue weighted by Crippen LogP contribution is 2.34. The second kappa shape index (κ2) is 5.98. The van der Waals surface area contributed by atoms with Crippen molar-refractivity contribution in [2.24, 2.45) is 0 Å². The van der Waals surface area contributed by atoms with Crippen molar-refractivity contribution in [2.45, 2.75) is 17.6 Å². The van der Waals surface area contributed by atoms with Gasteiger partial charge >= 0.3 is 0 Å². The van der Waals surface area contributed by atoms with Crippen LogP contribution < -0.4 is 0 Å². The number of thioether (sulfide) groups is 1. The van der Waals surface area contributed by atoms with Gasteiger partial charge in [0.1, 0.15) is 4.75 Å². The summed E-state index contributed by atoms with van der Waals surface area (Å²) in [6.45, 7) is 1.17. The summed E-state index contributed by atoms with van der Waals surface area (Å²) in [7, 11) is 0. The van der Waals surface area contributed by atoms with Crippen LogP contribution in [-0.2, 0) is 0 Å². The fourth-order valence-electron chi connectivity index (χ4n) is 2.34. The van der Waals surface area contributed by atoms with E-state index < -0.39 is 0 Å². The summed E-state index contributed by atoms with van der Waals surface area (Å²) in [5.41, 5.74) is 1.03. The van der Waals surface area contributed by atoms with E-state index in [1.165, 1.54) is 0 Å². The van der Waals surface area contributed by atoms with Crippen molar-refractivity contribution in [1.82, 2.24) is 4.90 Å². The van der Waals surface area contributed by atoms with Crippen LogP contribution in [0, 0.1) is 22.7 Å². The van der Waals surface area contributed by atoms with Crippen LogP contribution in [-0.4, -0.2) is 34.9 Å². The number of hydrogen-bond acceptors (Lipinski definition) is 4. The summed E-state index contributed by atoms with van der Waals surface area (Å²) in [4.78, 5) is 14.1. The van der Waals surface area contributed by atoms with E-state index in [9.17, 15) is 10.1 Å². The third-order valence-corrected chi connectivity index (χ3v) is 4.97. The molecule has 1 saturated heterocycles. The lowest BCUT2D eigenvalue weighted by Crippen LogP contribution is -2.44. The maximum absolute atomic E-state index is 12.4. The first kappa shape index (κ1) is 14.4. The minimum Gasteiger partial charge on any atom is -0.338 e. The van der Waals surface area contributed by atoms with Crippen molar-refractivity contribution in [3.8, 4) is 12.1 Å². The molecule has 0 bridgehead atoms. The van der Waals surface area contributed by atoms with E-state index in [2.05, 4.69) is 6.07 Å². The lowest BCUT2D eigenvalue weighted by Gasteiger charge is -2.36. The molecule has 0 N–H and O–H groups in total. The second-order valence-corrected chi connectivity index (χ2v) is 5.98. The van der Waals surface area contributed by atoms with Crippen molar-refractivity contribution >= 4 is 17.7 Å². The maximum Gasteiger partial charge on any atom is 0.253 e. The average molecular weight is 285 g/mol. The lowest BCUT2D eigenvalue weighted by atomic mass is 9.96. The van der Waals surface area contributed by atoms with Gasteiger partial charge in [-0.3, -0.25) is 4.79 Å². The zero-order chi connectivity index (χ0) is 14.6. The van der Waals surface area contributed by atoms with Gasteiger partial charge in [-0.25, -0.2) is 0 Å². The van der Waals surface area contributed by atoms with Gasteiger partial charge < -0.3 is 4.90 Å². The molecular weight excluding hydrogens is 270 g/mol. The minimum absolute atomic E-state index is 0.0604. The van der Waals surface area contributed by atoms with Gasteiger partial charge in [0.2, 0.25) is 0 Å². The lowest BCUT2D eigenvalue weighted by molar-refractivity contribution is 0.0716. The molecule has 0 aliphatic carbocycles. The molecular formula is C15H15N3OS. The molecule has 0 radical (unpaired) electrons. The zero-order valence-electron chi connectivity index (χ0n) is 11.3. The first-order chi connectivity index (χ1) is 9.64. The molecule has 1 fully saturated rings. The number of carbonyl (C=O) groups excluding carboxylic acids is 1. The van der Waals surface area contributed by atoms with E-state index in [4.69, 9.17) is 5.26 Å². The van der Waals surface area contributed by atoms with Crippen LogP contribution in [0.2, 0.25) is 0 Å². The molecule has 1 aromatic rings. The molecule has 0 atom stereocenters. The van der Waals surface area contributed by atoms with Gasteiger partial charge in [-0.2, -0.15) is 10.5 Å². The predicted molar refractivity (Wildman–Crippen MR) is 78.2 cm³/mol. The molecule has 2 rings (SSSR count). The monoisotopic (exact) mass is 285 g/mol. The van der Waals surface area contributed by atoms with E-state index >= 15 is 0 Å². The van der Waals surface area contributed by atoms with Crippen molar-refractivity contribution in [3.05, 3.63) is 35.4 Å².